The first-order valence-electron chi connectivity index (χ1n) is 6.23. The minimum Gasteiger partial charge on any atom is -0.323 e. The molecule has 86 valence electrons. The third-order valence-electron chi connectivity index (χ3n) is 4.09. The van der Waals surface area contributed by atoms with Crippen LogP contribution in [0.5, 0.6) is 0 Å². The van der Waals surface area contributed by atoms with Crippen LogP contribution in [0.4, 0.5) is 0 Å². The van der Waals surface area contributed by atoms with Crippen LogP contribution in [0.3, 0.4) is 0 Å². The first kappa shape index (κ1) is 10.9. The van der Waals surface area contributed by atoms with Crippen molar-refractivity contribution in [2.24, 2.45) is 0 Å². The molecule has 2 atom stereocenters. The second-order valence-corrected chi connectivity index (χ2v) is 5.05. The minimum atomic E-state index is -0.309. The highest BCUT2D eigenvalue weighted by molar-refractivity contribution is 5.88. The molecule has 2 fully saturated rings. The van der Waals surface area contributed by atoms with E-state index in [-0.39, 0.29) is 11.7 Å². The zero-order valence-corrected chi connectivity index (χ0v) is 10.0. The molecule has 1 amide bonds. The summed E-state index contributed by atoms with van der Waals surface area (Å²) in [4.78, 5) is 14.4. The molecule has 1 saturated heterocycles. The Balaban J connectivity index is 2.17. The lowest BCUT2D eigenvalue weighted by Gasteiger charge is -2.38. The molecule has 2 rings (SSSR count). The maximum absolute atomic E-state index is 12.3. The van der Waals surface area contributed by atoms with Crippen molar-refractivity contribution in [1.82, 2.24) is 10.2 Å². The van der Waals surface area contributed by atoms with Gasteiger partial charge in [0.1, 0.15) is 0 Å². The molecule has 1 aliphatic heterocycles. The van der Waals surface area contributed by atoms with Gasteiger partial charge in [0.2, 0.25) is 5.91 Å². The molecule has 0 spiro atoms. The van der Waals surface area contributed by atoms with Crippen molar-refractivity contribution < 1.29 is 4.79 Å². The summed E-state index contributed by atoms with van der Waals surface area (Å²) in [5.74, 6) is 0.321. The third kappa shape index (κ3) is 1.57. The number of hydrogen-bond acceptors (Lipinski definition) is 2. The molecule has 3 heteroatoms. The maximum atomic E-state index is 12.3. The van der Waals surface area contributed by atoms with Crippen molar-refractivity contribution in [1.29, 1.82) is 0 Å². The molecule has 3 nitrogen and oxygen atoms in total. The third-order valence-corrected chi connectivity index (χ3v) is 4.09. The zero-order chi connectivity index (χ0) is 11.1. The highest BCUT2D eigenvalue weighted by Gasteiger charge is 2.49. The fourth-order valence-electron chi connectivity index (χ4n) is 2.56. The largest absolute Gasteiger partial charge is 0.323 e. The van der Waals surface area contributed by atoms with Crippen molar-refractivity contribution in [3.8, 4) is 0 Å². The average molecular weight is 210 g/mol. The minimum absolute atomic E-state index is 0.271. The van der Waals surface area contributed by atoms with Gasteiger partial charge in [-0.05, 0) is 39.0 Å². The second kappa shape index (κ2) is 3.78. The number of carbonyl (C=O) groups is 1. The monoisotopic (exact) mass is 210 g/mol. The Hall–Kier alpha value is -0.570. The predicted molar refractivity (Wildman–Crippen MR) is 60.4 cm³/mol. The van der Waals surface area contributed by atoms with Crippen LogP contribution in [0.2, 0.25) is 0 Å². The topological polar surface area (TPSA) is 32.3 Å². The highest BCUT2D eigenvalue weighted by Crippen LogP contribution is 2.34. The molecule has 1 heterocycles. The van der Waals surface area contributed by atoms with Crippen LogP contribution in [0.15, 0.2) is 0 Å². The molecule has 1 aliphatic carbocycles. The van der Waals surface area contributed by atoms with E-state index in [0.717, 1.165) is 12.8 Å². The Morgan fingerprint density at radius 2 is 2.13 bits per heavy atom. The van der Waals surface area contributed by atoms with Crippen LogP contribution in [-0.2, 0) is 4.79 Å². The summed E-state index contributed by atoms with van der Waals surface area (Å²) in [6, 6.07) is 0.517. The fourth-order valence-corrected chi connectivity index (χ4v) is 2.56. The quantitative estimate of drug-likeness (QED) is 0.771. The van der Waals surface area contributed by atoms with Crippen molar-refractivity contribution in [2.75, 3.05) is 0 Å². The standard InChI is InChI=1S/C12H22N2O/c1-4-10-13-12(3,5-2)11(15)14(10)9-7-6-8-9/h9-10,13H,4-8H2,1-3H3. The normalized spacial score (nSPS) is 37.1. The Bertz CT molecular complexity index is 262. The average Bonchev–Trinajstić information content (AvgIpc) is 2.41. The molecular formula is C12H22N2O. The Kier molecular flexibility index (Phi) is 2.75. The van der Waals surface area contributed by atoms with Crippen molar-refractivity contribution in [3.05, 3.63) is 0 Å². The van der Waals surface area contributed by atoms with Crippen LogP contribution in [0.1, 0.15) is 52.9 Å². The molecule has 2 unspecified atom stereocenters. The summed E-state index contributed by atoms with van der Waals surface area (Å²) in [6.45, 7) is 6.27. The summed E-state index contributed by atoms with van der Waals surface area (Å²) in [5.41, 5.74) is -0.309. The van der Waals surface area contributed by atoms with Crippen molar-refractivity contribution in [2.45, 2.75) is 70.6 Å². The van der Waals surface area contributed by atoms with Gasteiger partial charge in [-0.1, -0.05) is 13.8 Å². The second-order valence-electron chi connectivity index (χ2n) is 5.05. The summed E-state index contributed by atoms with van der Waals surface area (Å²) in [7, 11) is 0. The summed E-state index contributed by atoms with van der Waals surface area (Å²) in [5, 5.41) is 3.49. The lowest BCUT2D eigenvalue weighted by Crippen LogP contribution is -2.48. The number of amides is 1. The highest BCUT2D eigenvalue weighted by atomic mass is 16.2. The van der Waals surface area contributed by atoms with Gasteiger partial charge in [-0.3, -0.25) is 10.1 Å². The van der Waals surface area contributed by atoms with Crippen molar-refractivity contribution in [3.63, 3.8) is 0 Å². The van der Waals surface area contributed by atoms with E-state index >= 15 is 0 Å². The van der Waals surface area contributed by atoms with Gasteiger partial charge in [0.05, 0.1) is 11.7 Å². The summed E-state index contributed by atoms with van der Waals surface area (Å²) in [6.07, 6.45) is 5.85. The van der Waals surface area contributed by atoms with E-state index in [4.69, 9.17) is 0 Å². The van der Waals surface area contributed by atoms with Crippen LogP contribution >= 0.6 is 0 Å². The maximum Gasteiger partial charge on any atom is 0.244 e. The number of nitrogens with zero attached hydrogens (tertiary/aromatic N) is 1. The molecule has 2 aliphatic rings. The zero-order valence-electron chi connectivity index (χ0n) is 10.0. The number of hydrogen-bond donors (Lipinski definition) is 1. The molecule has 1 saturated carbocycles. The molecule has 15 heavy (non-hydrogen) atoms. The lowest BCUT2D eigenvalue weighted by atomic mass is 9.90. The van der Waals surface area contributed by atoms with Gasteiger partial charge in [0, 0.05) is 6.04 Å². The van der Waals surface area contributed by atoms with Gasteiger partial charge in [-0.25, -0.2) is 0 Å². The fraction of sp³-hybridized carbons (Fsp3) is 0.917. The molecule has 0 aromatic rings. The molecule has 0 bridgehead atoms. The van der Waals surface area contributed by atoms with E-state index in [0.29, 0.717) is 11.9 Å². The van der Waals surface area contributed by atoms with Crippen LogP contribution in [0.25, 0.3) is 0 Å². The molecule has 0 aromatic heterocycles. The summed E-state index contributed by atoms with van der Waals surface area (Å²) < 4.78 is 0. The Labute approximate surface area is 92.2 Å². The molecule has 0 radical (unpaired) electrons. The predicted octanol–water partition coefficient (Wildman–Crippen LogP) is 1.88. The van der Waals surface area contributed by atoms with E-state index in [2.05, 4.69) is 24.1 Å². The Morgan fingerprint density at radius 3 is 2.53 bits per heavy atom. The molecule has 1 N–H and O–H groups in total. The van der Waals surface area contributed by atoms with E-state index < -0.39 is 0 Å². The van der Waals surface area contributed by atoms with E-state index in [1.54, 1.807) is 0 Å². The summed E-state index contributed by atoms with van der Waals surface area (Å²) >= 11 is 0. The van der Waals surface area contributed by atoms with Crippen LogP contribution in [0, 0.1) is 0 Å². The smallest absolute Gasteiger partial charge is 0.244 e. The van der Waals surface area contributed by atoms with Gasteiger partial charge in [0.25, 0.3) is 0 Å². The van der Waals surface area contributed by atoms with Crippen LogP contribution in [-0.4, -0.2) is 28.6 Å². The lowest BCUT2D eigenvalue weighted by molar-refractivity contribution is -0.136. The number of carbonyl (C=O) groups excluding carboxylic acids is 1. The molecule has 0 aromatic carbocycles. The first-order chi connectivity index (χ1) is 7.12. The number of rotatable bonds is 3. The SMILES string of the molecule is CCC1NC(C)(CC)C(=O)N1C1CCC1. The number of nitrogens with one attached hydrogen (secondary N) is 1. The van der Waals surface area contributed by atoms with Gasteiger partial charge in [0.15, 0.2) is 0 Å². The molecular weight excluding hydrogens is 188 g/mol. The Morgan fingerprint density at radius 1 is 1.47 bits per heavy atom. The van der Waals surface area contributed by atoms with E-state index in [1.165, 1.54) is 19.3 Å². The van der Waals surface area contributed by atoms with Gasteiger partial charge in [-0.2, -0.15) is 0 Å². The van der Waals surface area contributed by atoms with Crippen LogP contribution < -0.4 is 5.32 Å². The van der Waals surface area contributed by atoms with Gasteiger partial charge >= 0.3 is 0 Å². The van der Waals surface area contributed by atoms with Gasteiger partial charge < -0.3 is 4.90 Å². The van der Waals surface area contributed by atoms with Crippen molar-refractivity contribution >= 4 is 5.91 Å². The van der Waals surface area contributed by atoms with E-state index in [9.17, 15) is 4.79 Å². The van der Waals surface area contributed by atoms with E-state index in [1.807, 2.05) is 6.92 Å². The van der Waals surface area contributed by atoms with Gasteiger partial charge in [-0.15, -0.1) is 0 Å². The first-order valence-corrected chi connectivity index (χ1v) is 6.23.